The first-order valence-electron chi connectivity index (χ1n) is 10.1. The molecule has 1 aromatic heterocycles. The molecule has 2 aliphatic rings. The highest BCUT2D eigenvalue weighted by molar-refractivity contribution is 5.82. The molecule has 0 aromatic carbocycles. The van der Waals surface area contributed by atoms with Crippen molar-refractivity contribution < 1.29 is 4.79 Å². The number of piperidine rings is 1. The zero-order chi connectivity index (χ0) is 20.5. The Labute approximate surface area is 168 Å². The molecule has 2 saturated heterocycles. The van der Waals surface area contributed by atoms with Gasteiger partial charge in [-0.15, -0.1) is 0 Å². The maximum Gasteiger partial charge on any atom is 0.220 e. The summed E-state index contributed by atoms with van der Waals surface area (Å²) < 4.78 is 0. The number of hydrogen-bond acceptors (Lipinski definition) is 4. The summed E-state index contributed by atoms with van der Waals surface area (Å²) in [6.07, 6.45) is 3.41. The Morgan fingerprint density at radius 3 is 2.54 bits per heavy atom. The molecule has 3 rings (SSSR count). The third kappa shape index (κ3) is 3.66. The lowest BCUT2D eigenvalue weighted by atomic mass is 9.65. The number of carbonyl (C=O) groups is 1. The van der Waals surface area contributed by atoms with E-state index in [0.29, 0.717) is 6.54 Å². The second-order valence-electron chi connectivity index (χ2n) is 9.08. The van der Waals surface area contributed by atoms with Gasteiger partial charge in [-0.3, -0.25) is 9.79 Å². The quantitative estimate of drug-likeness (QED) is 0.610. The maximum absolute atomic E-state index is 11.4. The van der Waals surface area contributed by atoms with Crippen LogP contribution in [0.5, 0.6) is 0 Å². The van der Waals surface area contributed by atoms with Crippen LogP contribution in [0.15, 0.2) is 23.3 Å². The molecule has 7 heteroatoms. The molecule has 0 spiro atoms. The average Bonchev–Trinajstić information content (AvgIpc) is 2.68. The highest BCUT2D eigenvalue weighted by atomic mass is 16.1. The first-order chi connectivity index (χ1) is 13.2. The summed E-state index contributed by atoms with van der Waals surface area (Å²) in [6.45, 7) is 12.4. The largest absolute Gasteiger partial charge is 0.369 e. The fourth-order valence-corrected chi connectivity index (χ4v) is 4.10. The minimum Gasteiger partial charge on any atom is -0.369 e. The third-order valence-corrected chi connectivity index (χ3v) is 6.85. The van der Waals surface area contributed by atoms with Gasteiger partial charge in [-0.25, -0.2) is 4.98 Å². The van der Waals surface area contributed by atoms with Crippen molar-refractivity contribution in [2.75, 3.05) is 31.6 Å². The molecule has 154 valence electrons. The molecule has 0 saturated carbocycles. The standard InChI is InChI=1S/C21H34N6O/c1-20(2)14-27(21(20,3)4)19(23-5)25-13-16-7-6-10-24-18(16)26-11-8-15(9-12-26)17(22)28/h6-7,10,15H,8-9,11-14H2,1-5H3,(H2,22,28)(H,23,25). The number of anilines is 1. The van der Waals surface area contributed by atoms with E-state index in [2.05, 4.69) is 58.9 Å². The number of likely N-dealkylation sites (tertiary alicyclic amines) is 1. The number of pyridine rings is 1. The Morgan fingerprint density at radius 1 is 1.32 bits per heavy atom. The number of nitrogens with zero attached hydrogens (tertiary/aromatic N) is 4. The molecule has 0 unspecified atom stereocenters. The Hall–Kier alpha value is -2.31. The molecule has 28 heavy (non-hydrogen) atoms. The molecule has 7 nitrogen and oxygen atoms in total. The summed E-state index contributed by atoms with van der Waals surface area (Å²) in [7, 11) is 1.84. The maximum atomic E-state index is 11.4. The van der Waals surface area contributed by atoms with Gasteiger partial charge in [-0.05, 0) is 32.8 Å². The van der Waals surface area contributed by atoms with E-state index in [1.807, 2.05) is 19.3 Å². The second-order valence-corrected chi connectivity index (χ2v) is 9.08. The zero-order valence-electron chi connectivity index (χ0n) is 17.8. The average molecular weight is 387 g/mol. The Bertz CT molecular complexity index is 749. The zero-order valence-corrected chi connectivity index (χ0v) is 17.8. The molecule has 3 heterocycles. The van der Waals surface area contributed by atoms with Crippen molar-refractivity contribution in [1.29, 1.82) is 0 Å². The normalized spacial score (nSPS) is 22.0. The summed E-state index contributed by atoms with van der Waals surface area (Å²) >= 11 is 0. The van der Waals surface area contributed by atoms with Crippen LogP contribution in [0.1, 0.15) is 46.1 Å². The van der Waals surface area contributed by atoms with Gasteiger partial charge in [0, 0.05) is 61.9 Å². The molecular weight excluding hydrogens is 352 g/mol. The van der Waals surface area contributed by atoms with Crippen molar-refractivity contribution in [3.05, 3.63) is 23.9 Å². The van der Waals surface area contributed by atoms with Gasteiger partial charge in [0.15, 0.2) is 5.96 Å². The van der Waals surface area contributed by atoms with Crippen LogP contribution in [0.2, 0.25) is 0 Å². The Morgan fingerprint density at radius 2 is 2.00 bits per heavy atom. The minimum absolute atomic E-state index is 0.0163. The van der Waals surface area contributed by atoms with E-state index in [-0.39, 0.29) is 22.8 Å². The van der Waals surface area contributed by atoms with E-state index >= 15 is 0 Å². The summed E-state index contributed by atoms with van der Waals surface area (Å²) in [4.78, 5) is 25.2. The van der Waals surface area contributed by atoms with Gasteiger partial charge in [0.1, 0.15) is 5.82 Å². The van der Waals surface area contributed by atoms with Crippen molar-refractivity contribution in [3.8, 4) is 0 Å². The van der Waals surface area contributed by atoms with Crippen molar-refractivity contribution in [3.63, 3.8) is 0 Å². The first kappa shape index (κ1) is 20.4. The van der Waals surface area contributed by atoms with Gasteiger partial charge < -0.3 is 20.9 Å². The van der Waals surface area contributed by atoms with E-state index < -0.39 is 0 Å². The lowest BCUT2D eigenvalue weighted by molar-refractivity contribution is -0.122. The van der Waals surface area contributed by atoms with Crippen LogP contribution in [0.4, 0.5) is 5.82 Å². The number of nitrogens with two attached hydrogens (primary N) is 1. The number of aromatic nitrogens is 1. The predicted octanol–water partition coefficient (Wildman–Crippen LogP) is 1.98. The van der Waals surface area contributed by atoms with Gasteiger partial charge in [0.25, 0.3) is 0 Å². The van der Waals surface area contributed by atoms with Crippen molar-refractivity contribution in [1.82, 2.24) is 15.2 Å². The Balaban J connectivity index is 1.67. The van der Waals surface area contributed by atoms with Crippen LogP contribution in [0.25, 0.3) is 0 Å². The van der Waals surface area contributed by atoms with Crippen LogP contribution >= 0.6 is 0 Å². The summed E-state index contributed by atoms with van der Waals surface area (Å²) in [5, 5.41) is 3.52. The molecule has 2 fully saturated rings. The molecule has 1 amide bonds. The summed E-state index contributed by atoms with van der Waals surface area (Å²) in [5.41, 5.74) is 6.92. The van der Waals surface area contributed by atoms with Gasteiger partial charge in [0.2, 0.25) is 5.91 Å². The monoisotopic (exact) mass is 386 g/mol. The van der Waals surface area contributed by atoms with Crippen LogP contribution in [-0.2, 0) is 11.3 Å². The van der Waals surface area contributed by atoms with Crippen molar-refractivity contribution >= 4 is 17.7 Å². The fraction of sp³-hybridized carbons (Fsp3) is 0.667. The van der Waals surface area contributed by atoms with E-state index in [1.54, 1.807) is 0 Å². The topological polar surface area (TPSA) is 86.9 Å². The van der Waals surface area contributed by atoms with E-state index in [0.717, 1.165) is 49.8 Å². The lowest BCUT2D eigenvalue weighted by Gasteiger charge is -2.62. The highest BCUT2D eigenvalue weighted by Gasteiger charge is 2.53. The molecular formula is C21H34N6O. The summed E-state index contributed by atoms with van der Waals surface area (Å²) in [5.74, 6) is 1.70. The number of guanidine groups is 1. The second kappa shape index (κ2) is 7.60. The van der Waals surface area contributed by atoms with Crippen LogP contribution in [-0.4, -0.2) is 54.0 Å². The molecule has 2 aliphatic heterocycles. The molecule has 0 aliphatic carbocycles. The van der Waals surface area contributed by atoms with E-state index in [4.69, 9.17) is 5.73 Å². The molecule has 1 aromatic rings. The number of rotatable bonds is 4. The van der Waals surface area contributed by atoms with Crippen molar-refractivity contribution in [2.24, 2.45) is 22.1 Å². The predicted molar refractivity (Wildman–Crippen MR) is 113 cm³/mol. The fourth-order valence-electron chi connectivity index (χ4n) is 4.10. The number of aliphatic imine (C=N–C) groups is 1. The van der Waals surface area contributed by atoms with E-state index in [1.165, 1.54) is 0 Å². The van der Waals surface area contributed by atoms with Gasteiger partial charge >= 0.3 is 0 Å². The third-order valence-electron chi connectivity index (χ3n) is 6.85. The van der Waals surface area contributed by atoms with Crippen LogP contribution in [0.3, 0.4) is 0 Å². The van der Waals surface area contributed by atoms with Gasteiger partial charge in [-0.2, -0.15) is 0 Å². The first-order valence-corrected chi connectivity index (χ1v) is 10.1. The smallest absolute Gasteiger partial charge is 0.220 e. The van der Waals surface area contributed by atoms with Crippen molar-refractivity contribution in [2.45, 2.75) is 52.6 Å². The van der Waals surface area contributed by atoms with Gasteiger partial charge in [-0.1, -0.05) is 19.9 Å². The lowest BCUT2D eigenvalue weighted by Crippen LogP contribution is -2.72. The number of hydrogen-bond donors (Lipinski definition) is 2. The van der Waals surface area contributed by atoms with Crippen LogP contribution in [0, 0.1) is 11.3 Å². The molecule has 0 atom stereocenters. The summed E-state index contributed by atoms with van der Waals surface area (Å²) in [6, 6.07) is 4.07. The number of primary amides is 1. The number of amides is 1. The van der Waals surface area contributed by atoms with Crippen LogP contribution < -0.4 is 16.0 Å². The Kier molecular flexibility index (Phi) is 5.55. The van der Waals surface area contributed by atoms with E-state index in [9.17, 15) is 4.79 Å². The molecule has 0 bridgehead atoms. The van der Waals surface area contributed by atoms with Gasteiger partial charge in [0.05, 0.1) is 0 Å². The number of carbonyl (C=O) groups excluding carboxylic acids is 1. The highest BCUT2D eigenvalue weighted by Crippen LogP contribution is 2.46. The molecule has 0 radical (unpaired) electrons. The SMILES string of the molecule is CN=C(NCc1cccnc1N1CCC(C(N)=O)CC1)N1CC(C)(C)C1(C)C. The molecule has 3 N–H and O–H groups in total. The minimum atomic E-state index is -0.188. The number of nitrogens with one attached hydrogen (secondary N) is 1.